The molecule has 0 amide bonds. The van der Waals surface area contributed by atoms with Gasteiger partial charge < -0.3 is 10.4 Å². The fourth-order valence-electron chi connectivity index (χ4n) is 1.73. The minimum absolute atomic E-state index is 0.0685. The summed E-state index contributed by atoms with van der Waals surface area (Å²) in [6.45, 7) is 3.33. The van der Waals surface area contributed by atoms with Gasteiger partial charge in [0.2, 0.25) is 0 Å². The Morgan fingerprint density at radius 2 is 2.32 bits per heavy atom. The monoisotopic (exact) mass is 260 g/mol. The molecule has 2 heterocycles. The van der Waals surface area contributed by atoms with E-state index in [-0.39, 0.29) is 11.7 Å². The van der Waals surface area contributed by atoms with E-state index in [1.54, 1.807) is 18.3 Å². The molecule has 0 saturated carbocycles. The molecule has 19 heavy (non-hydrogen) atoms. The van der Waals surface area contributed by atoms with Gasteiger partial charge in [-0.25, -0.2) is 9.78 Å². The first kappa shape index (κ1) is 13.2. The molecule has 0 aliphatic rings. The van der Waals surface area contributed by atoms with Crippen LogP contribution in [0, 0.1) is 0 Å². The zero-order valence-electron chi connectivity index (χ0n) is 10.7. The first-order valence-corrected chi connectivity index (χ1v) is 6.05. The topological polar surface area (TPSA) is 80.0 Å². The van der Waals surface area contributed by atoms with Gasteiger partial charge in [-0.15, -0.1) is 0 Å². The SMILES string of the molecule is CC(Cn1cccn1)NCc1cccc(C(=O)O)n1. The van der Waals surface area contributed by atoms with E-state index in [1.165, 1.54) is 6.07 Å². The predicted octanol–water partition coefficient (Wildman–Crippen LogP) is 1.15. The summed E-state index contributed by atoms with van der Waals surface area (Å²) in [5, 5.41) is 16.3. The number of hydrogen-bond donors (Lipinski definition) is 2. The molecular weight excluding hydrogens is 244 g/mol. The molecule has 0 radical (unpaired) electrons. The van der Waals surface area contributed by atoms with Gasteiger partial charge in [0.25, 0.3) is 0 Å². The van der Waals surface area contributed by atoms with E-state index in [0.717, 1.165) is 6.54 Å². The molecule has 1 unspecified atom stereocenters. The zero-order chi connectivity index (χ0) is 13.7. The Bertz CT molecular complexity index is 539. The lowest BCUT2D eigenvalue weighted by atomic mass is 10.2. The summed E-state index contributed by atoms with van der Waals surface area (Å²) in [5.41, 5.74) is 0.784. The molecule has 0 fully saturated rings. The van der Waals surface area contributed by atoms with E-state index in [0.29, 0.717) is 12.2 Å². The quantitative estimate of drug-likeness (QED) is 0.814. The molecule has 0 saturated heterocycles. The number of rotatable bonds is 6. The highest BCUT2D eigenvalue weighted by Crippen LogP contribution is 2.00. The number of pyridine rings is 1. The molecule has 2 rings (SSSR count). The van der Waals surface area contributed by atoms with Gasteiger partial charge >= 0.3 is 5.97 Å². The van der Waals surface area contributed by atoms with Gasteiger partial charge in [-0.3, -0.25) is 4.68 Å². The van der Waals surface area contributed by atoms with E-state index in [2.05, 4.69) is 15.4 Å². The highest BCUT2D eigenvalue weighted by Gasteiger charge is 2.07. The molecule has 0 spiro atoms. The minimum Gasteiger partial charge on any atom is -0.477 e. The molecule has 0 aromatic carbocycles. The number of aromatic nitrogens is 3. The van der Waals surface area contributed by atoms with Crippen molar-refractivity contribution in [2.45, 2.75) is 26.1 Å². The van der Waals surface area contributed by atoms with Crippen LogP contribution in [0.4, 0.5) is 0 Å². The third-order valence-corrected chi connectivity index (χ3v) is 2.68. The fraction of sp³-hybridized carbons (Fsp3) is 0.308. The van der Waals surface area contributed by atoms with Gasteiger partial charge in [-0.2, -0.15) is 5.10 Å². The van der Waals surface area contributed by atoms with Crippen LogP contribution < -0.4 is 5.32 Å². The zero-order valence-corrected chi connectivity index (χ0v) is 10.7. The maximum absolute atomic E-state index is 10.8. The van der Waals surface area contributed by atoms with Gasteiger partial charge in [-0.05, 0) is 25.1 Å². The lowest BCUT2D eigenvalue weighted by Crippen LogP contribution is -2.30. The van der Waals surface area contributed by atoms with Crippen LogP contribution >= 0.6 is 0 Å². The minimum atomic E-state index is -1.01. The maximum Gasteiger partial charge on any atom is 0.354 e. The lowest BCUT2D eigenvalue weighted by Gasteiger charge is -2.13. The second kappa shape index (κ2) is 6.10. The molecule has 1 atom stereocenters. The Morgan fingerprint density at radius 1 is 1.47 bits per heavy atom. The van der Waals surface area contributed by atoms with Crippen molar-refractivity contribution in [2.24, 2.45) is 0 Å². The Hall–Kier alpha value is -2.21. The smallest absolute Gasteiger partial charge is 0.354 e. The van der Waals surface area contributed by atoms with Crippen molar-refractivity contribution in [3.05, 3.63) is 48.0 Å². The average molecular weight is 260 g/mol. The number of hydrogen-bond acceptors (Lipinski definition) is 4. The standard InChI is InChI=1S/C13H16N4O2/c1-10(9-17-7-3-6-15-17)14-8-11-4-2-5-12(16-11)13(18)19/h2-7,10,14H,8-9H2,1H3,(H,18,19). The third kappa shape index (κ3) is 3.89. The summed E-state index contributed by atoms with van der Waals surface area (Å²) in [7, 11) is 0. The Balaban J connectivity index is 1.88. The van der Waals surface area contributed by atoms with Crippen molar-refractivity contribution in [1.29, 1.82) is 0 Å². The number of nitrogens with one attached hydrogen (secondary N) is 1. The van der Waals surface area contributed by atoms with Crippen LogP contribution in [0.25, 0.3) is 0 Å². The highest BCUT2D eigenvalue weighted by atomic mass is 16.4. The Kier molecular flexibility index (Phi) is 4.25. The van der Waals surface area contributed by atoms with Gasteiger partial charge in [0.05, 0.1) is 12.2 Å². The van der Waals surface area contributed by atoms with Gasteiger partial charge in [0, 0.05) is 25.0 Å². The number of carbonyl (C=O) groups is 1. The number of nitrogens with zero attached hydrogens (tertiary/aromatic N) is 3. The molecule has 0 aliphatic heterocycles. The normalized spacial score (nSPS) is 12.3. The molecule has 0 aliphatic carbocycles. The molecule has 6 heteroatoms. The Morgan fingerprint density at radius 3 is 3.00 bits per heavy atom. The lowest BCUT2D eigenvalue weighted by molar-refractivity contribution is 0.0690. The van der Waals surface area contributed by atoms with E-state index in [1.807, 2.05) is 23.9 Å². The van der Waals surface area contributed by atoms with E-state index < -0.39 is 5.97 Å². The largest absolute Gasteiger partial charge is 0.477 e. The van der Waals surface area contributed by atoms with Crippen molar-refractivity contribution in [3.8, 4) is 0 Å². The Labute approximate surface area is 111 Å². The summed E-state index contributed by atoms with van der Waals surface area (Å²) < 4.78 is 1.85. The third-order valence-electron chi connectivity index (χ3n) is 2.68. The van der Waals surface area contributed by atoms with Crippen LogP contribution in [-0.2, 0) is 13.1 Å². The summed E-state index contributed by atoms with van der Waals surface area (Å²) in [6, 6.07) is 7.09. The second-order valence-corrected chi connectivity index (χ2v) is 4.33. The summed E-state index contributed by atoms with van der Waals surface area (Å²) >= 11 is 0. The molecule has 2 aromatic rings. The van der Waals surface area contributed by atoms with Gasteiger partial charge in [0.15, 0.2) is 0 Å². The second-order valence-electron chi connectivity index (χ2n) is 4.33. The first-order chi connectivity index (χ1) is 9.15. The van der Waals surface area contributed by atoms with Crippen LogP contribution in [0.5, 0.6) is 0 Å². The fourth-order valence-corrected chi connectivity index (χ4v) is 1.73. The molecule has 6 nitrogen and oxygen atoms in total. The predicted molar refractivity (Wildman–Crippen MR) is 69.7 cm³/mol. The molecule has 0 bridgehead atoms. The summed E-state index contributed by atoms with van der Waals surface area (Å²) in [5.74, 6) is -1.01. The van der Waals surface area contributed by atoms with Crippen LogP contribution in [0.2, 0.25) is 0 Å². The molecule has 100 valence electrons. The van der Waals surface area contributed by atoms with Crippen LogP contribution in [0.15, 0.2) is 36.7 Å². The first-order valence-electron chi connectivity index (χ1n) is 6.05. The van der Waals surface area contributed by atoms with Crippen LogP contribution in [0.1, 0.15) is 23.1 Å². The van der Waals surface area contributed by atoms with Crippen LogP contribution in [0.3, 0.4) is 0 Å². The van der Waals surface area contributed by atoms with E-state index >= 15 is 0 Å². The van der Waals surface area contributed by atoms with E-state index in [9.17, 15) is 4.79 Å². The van der Waals surface area contributed by atoms with Crippen molar-refractivity contribution in [3.63, 3.8) is 0 Å². The highest BCUT2D eigenvalue weighted by molar-refractivity contribution is 5.85. The molecular formula is C13H16N4O2. The van der Waals surface area contributed by atoms with Crippen molar-refractivity contribution >= 4 is 5.97 Å². The van der Waals surface area contributed by atoms with Crippen molar-refractivity contribution in [1.82, 2.24) is 20.1 Å². The van der Waals surface area contributed by atoms with Gasteiger partial charge in [0.1, 0.15) is 5.69 Å². The number of aromatic carboxylic acids is 1. The van der Waals surface area contributed by atoms with E-state index in [4.69, 9.17) is 5.11 Å². The van der Waals surface area contributed by atoms with Crippen molar-refractivity contribution < 1.29 is 9.90 Å². The number of carboxylic acid groups (broad SMARTS) is 1. The summed E-state index contributed by atoms with van der Waals surface area (Å²) in [6.07, 6.45) is 3.64. The average Bonchev–Trinajstić information content (AvgIpc) is 2.89. The maximum atomic E-state index is 10.8. The van der Waals surface area contributed by atoms with Crippen molar-refractivity contribution in [2.75, 3.05) is 0 Å². The van der Waals surface area contributed by atoms with Crippen LogP contribution in [-0.4, -0.2) is 31.9 Å². The molecule has 2 aromatic heterocycles. The number of carboxylic acids is 1. The molecule has 2 N–H and O–H groups in total. The van der Waals surface area contributed by atoms with Gasteiger partial charge in [-0.1, -0.05) is 6.07 Å². The summed E-state index contributed by atoms with van der Waals surface area (Å²) in [4.78, 5) is 14.9.